The van der Waals surface area contributed by atoms with Crippen molar-refractivity contribution in [2.24, 2.45) is 5.41 Å². The van der Waals surface area contributed by atoms with Gasteiger partial charge in [0.25, 0.3) is 0 Å². The van der Waals surface area contributed by atoms with E-state index in [4.69, 9.17) is 27.9 Å². The zero-order valence-corrected chi connectivity index (χ0v) is 9.79. The summed E-state index contributed by atoms with van der Waals surface area (Å²) in [5.41, 5.74) is -0.720. The molecule has 0 aromatic carbocycles. The lowest BCUT2D eigenvalue weighted by molar-refractivity contribution is -0.0833. The van der Waals surface area contributed by atoms with Crippen molar-refractivity contribution in [1.29, 1.82) is 0 Å². The van der Waals surface area contributed by atoms with Gasteiger partial charge in [-0.1, -0.05) is 13.8 Å². The van der Waals surface area contributed by atoms with Crippen LogP contribution in [0.25, 0.3) is 0 Å². The van der Waals surface area contributed by atoms with Gasteiger partial charge in [0.2, 0.25) is 0 Å². The molecule has 0 bridgehead atoms. The molecular weight excluding hydrogens is 227 g/mol. The standard InChI is InChI=1S/C9H16Cl2O3/c1-9(2)7(12)5(10)3-14-4-6(11)8(9)13/h5-8,12-13H,3-4H2,1-2H3. The molecule has 1 saturated heterocycles. The Morgan fingerprint density at radius 3 is 1.79 bits per heavy atom. The van der Waals surface area contributed by atoms with Crippen molar-refractivity contribution in [3.05, 3.63) is 0 Å². The van der Waals surface area contributed by atoms with Gasteiger partial charge in [-0.15, -0.1) is 23.2 Å². The zero-order valence-electron chi connectivity index (χ0n) is 8.28. The van der Waals surface area contributed by atoms with E-state index in [1.165, 1.54) is 0 Å². The van der Waals surface area contributed by atoms with Crippen LogP contribution in [0.2, 0.25) is 0 Å². The van der Waals surface area contributed by atoms with E-state index in [1.807, 2.05) is 0 Å². The molecule has 1 fully saturated rings. The van der Waals surface area contributed by atoms with Crippen LogP contribution >= 0.6 is 23.2 Å². The second kappa shape index (κ2) is 4.54. The monoisotopic (exact) mass is 242 g/mol. The number of ether oxygens (including phenoxy) is 1. The zero-order chi connectivity index (χ0) is 10.9. The Labute approximate surface area is 94.0 Å². The minimum atomic E-state index is -0.833. The van der Waals surface area contributed by atoms with E-state index in [1.54, 1.807) is 13.8 Å². The molecule has 0 spiro atoms. The van der Waals surface area contributed by atoms with Crippen molar-refractivity contribution >= 4 is 23.2 Å². The molecular formula is C9H16Cl2O3. The average Bonchev–Trinajstić information content (AvgIpc) is 2.13. The average molecular weight is 243 g/mol. The summed E-state index contributed by atoms with van der Waals surface area (Å²) in [6.45, 7) is 4.00. The lowest BCUT2D eigenvalue weighted by Crippen LogP contribution is -2.52. The molecule has 0 saturated carbocycles. The first-order valence-electron chi connectivity index (χ1n) is 4.59. The highest BCUT2D eigenvalue weighted by molar-refractivity contribution is 6.22. The highest BCUT2D eigenvalue weighted by Crippen LogP contribution is 2.34. The van der Waals surface area contributed by atoms with Crippen LogP contribution in [0.15, 0.2) is 0 Å². The van der Waals surface area contributed by atoms with Crippen molar-refractivity contribution < 1.29 is 14.9 Å². The predicted octanol–water partition coefficient (Wildman–Crippen LogP) is 0.979. The molecule has 0 aliphatic carbocycles. The van der Waals surface area contributed by atoms with E-state index in [9.17, 15) is 10.2 Å². The fraction of sp³-hybridized carbons (Fsp3) is 1.00. The summed E-state index contributed by atoms with van der Waals surface area (Å²) >= 11 is 11.8. The van der Waals surface area contributed by atoms with Crippen LogP contribution in [0.1, 0.15) is 13.8 Å². The van der Waals surface area contributed by atoms with E-state index in [0.29, 0.717) is 0 Å². The van der Waals surface area contributed by atoms with Crippen molar-refractivity contribution in [1.82, 2.24) is 0 Å². The molecule has 0 aromatic heterocycles. The molecule has 1 heterocycles. The van der Waals surface area contributed by atoms with Crippen LogP contribution in [-0.2, 0) is 4.74 Å². The Morgan fingerprint density at radius 2 is 1.43 bits per heavy atom. The molecule has 1 aliphatic heterocycles. The third-order valence-corrected chi connectivity index (χ3v) is 3.49. The lowest BCUT2D eigenvalue weighted by Gasteiger charge is -2.41. The SMILES string of the molecule is CC1(C)C(O)C(Cl)COCC(Cl)C1O. The van der Waals surface area contributed by atoms with E-state index >= 15 is 0 Å². The normalized spacial score (nSPS) is 44.1. The Bertz CT molecular complexity index is 180. The highest BCUT2D eigenvalue weighted by Gasteiger charge is 2.44. The predicted molar refractivity (Wildman–Crippen MR) is 55.9 cm³/mol. The third kappa shape index (κ3) is 2.34. The minimum absolute atomic E-state index is 0.252. The van der Waals surface area contributed by atoms with Gasteiger partial charge in [-0.05, 0) is 0 Å². The summed E-state index contributed by atoms with van der Waals surface area (Å²) in [5, 5.41) is 18.7. The Kier molecular flexibility index (Phi) is 4.06. The maximum absolute atomic E-state index is 9.87. The van der Waals surface area contributed by atoms with Crippen LogP contribution in [0.4, 0.5) is 0 Å². The van der Waals surface area contributed by atoms with Crippen molar-refractivity contribution in [2.75, 3.05) is 13.2 Å². The quantitative estimate of drug-likeness (QED) is 0.623. The molecule has 4 atom stereocenters. The van der Waals surface area contributed by atoms with Gasteiger partial charge in [0.05, 0.1) is 36.2 Å². The Morgan fingerprint density at radius 1 is 1.07 bits per heavy atom. The number of aliphatic hydroxyl groups excluding tert-OH is 2. The van der Waals surface area contributed by atoms with Gasteiger partial charge in [0, 0.05) is 5.41 Å². The van der Waals surface area contributed by atoms with E-state index in [0.717, 1.165) is 0 Å². The van der Waals surface area contributed by atoms with Gasteiger partial charge in [-0.2, -0.15) is 0 Å². The summed E-state index contributed by atoms with van der Waals surface area (Å²) in [6, 6.07) is 0. The number of halogens is 2. The number of rotatable bonds is 0. The third-order valence-electron chi connectivity index (χ3n) is 2.76. The van der Waals surface area contributed by atoms with E-state index in [2.05, 4.69) is 0 Å². The number of aliphatic hydroxyl groups is 2. The molecule has 0 radical (unpaired) electrons. The molecule has 0 aromatic rings. The first-order valence-corrected chi connectivity index (χ1v) is 5.46. The molecule has 84 valence electrons. The smallest absolute Gasteiger partial charge is 0.0834 e. The van der Waals surface area contributed by atoms with Crippen LogP contribution in [-0.4, -0.2) is 46.4 Å². The summed E-state index contributed by atoms with van der Waals surface area (Å²) in [7, 11) is 0. The second-order valence-electron chi connectivity index (χ2n) is 4.28. The van der Waals surface area contributed by atoms with Gasteiger partial charge in [0.1, 0.15) is 0 Å². The van der Waals surface area contributed by atoms with Gasteiger partial charge in [0.15, 0.2) is 0 Å². The van der Waals surface area contributed by atoms with Gasteiger partial charge in [-0.3, -0.25) is 0 Å². The van der Waals surface area contributed by atoms with Crippen LogP contribution in [0, 0.1) is 5.41 Å². The van der Waals surface area contributed by atoms with Gasteiger partial charge in [-0.25, -0.2) is 0 Å². The first-order chi connectivity index (χ1) is 6.37. The molecule has 0 amide bonds. The number of hydrogen-bond acceptors (Lipinski definition) is 3. The Hall–Kier alpha value is 0.460. The molecule has 4 unspecified atom stereocenters. The first kappa shape index (κ1) is 12.5. The minimum Gasteiger partial charge on any atom is -0.391 e. The summed E-state index contributed by atoms with van der Waals surface area (Å²) in [5.74, 6) is 0. The second-order valence-corrected chi connectivity index (χ2v) is 5.40. The molecule has 3 nitrogen and oxygen atoms in total. The fourth-order valence-electron chi connectivity index (χ4n) is 1.58. The largest absolute Gasteiger partial charge is 0.391 e. The number of hydrogen-bond donors (Lipinski definition) is 2. The maximum Gasteiger partial charge on any atom is 0.0834 e. The van der Waals surface area contributed by atoms with Crippen LogP contribution in [0.3, 0.4) is 0 Å². The molecule has 14 heavy (non-hydrogen) atoms. The van der Waals surface area contributed by atoms with E-state index < -0.39 is 28.4 Å². The fourth-order valence-corrected chi connectivity index (χ4v) is 2.41. The Balaban J connectivity index is 2.84. The molecule has 2 N–H and O–H groups in total. The molecule has 1 rings (SSSR count). The summed E-state index contributed by atoms with van der Waals surface area (Å²) in [6.07, 6.45) is -1.67. The topological polar surface area (TPSA) is 49.7 Å². The maximum atomic E-state index is 9.87. The van der Waals surface area contributed by atoms with Gasteiger partial charge >= 0.3 is 0 Å². The van der Waals surface area contributed by atoms with Crippen LogP contribution in [0.5, 0.6) is 0 Å². The lowest BCUT2D eigenvalue weighted by atomic mass is 9.77. The van der Waals surface area contributed by atoms with E-state index in [-0.39, 0.29) is 13.2 Å². The molecule has 1 aliphatic rings. The van der Waals surface area contributed by atoms with Crippen LogP contribution < -0.4 is 0 Å². The summed E-state index contributed by atoms with van der Waals surface area (Å²) in [4.78, 5) is 0. The summed E-state index contributed by atoms with van der Waals surface area (Å²) < 4.78 is 5.15. The van der Waals surface area contributed by atoms with Crippen molar-refractivity contribution in [3.63, 3.8) is 0 Å². The molecule has 5 heteroatoms. The van der Waals surface area contributed by atoms with Gasteiger partial charge < -0.3 is 14.9 Å². The van der Waals surface area contributed by atoms with Crippen molar-refractivity contribution in [2.45, 2.75) is 36.8 Å². The van der Waals surface area contributed by atoms with Crippen molar-refractivity contribution in [3.8, 4) is 0 Å². The number of alkyl halides is 2. The highest BCUT2D eigenvalue weighted by atomic mass is 35.5.